The zero-order valence-corrected chi connectivity index (χ0v) is 39.0. The number of H-pyrrole nitrogens is 1. The minimum Gasteiger partial charge on any atom is -0.481 e. The Hall–Kier alpha value is -8.72. The number of aliphatic imine (C=N–C) groups is 1. The van der Waals surface area contributed by atoms with E-state index in [0.29, 0.717) is 11.4 Å². The standard InChI is InChI=1S/C40H53N15O17S/c41-39(42)44-9-1-2-19(32(64)51-22(11-27(59)60)34(66)52-23(12-28(61)62)35(67)53-24(15-73)38(71)72)49-33(65)21(10-26(57)58)48-25(56)8-7-20(37(69)70)50-31(63)16-3-5-17(6-4-16)45-13-18-14-46-30-29(47-18)36(68)55-40(43)54-30/h3-6,14,19-24,34,45,52,66,73H,1-2,7-13,15H2,(H,48,56)(H,49,65)(H,50,63)(H,51,64)(H,53,67)(H,57,58)(H,59,60)(H,61,62)(H,69,70)(H,71,72)(H4,41,42,44)(H3,43,46,54,55,68)/t19-,20-,21-,22-,23-,24+,34?/m1/s1. The molecule has 3 rings (SSSR count). The minimum atomic E-state index is -2.24. The lowest BCUT2D eigenvalue weighted by atomic mass is 10.1. The van der Waals surface area contributed by atoms with E-state index < -0.39 is 145 Å². The van der Waals surface area contributed by atoms with E-state index in [1.807, 2.05) is 5.32 Å². The highest BCUT2D eigenvalue weighted by Crippen LogP contribution is 2.13. The van der Waals surface area contributed by atoms with E-state index in [0.717, 1.165) is 0 Å². The molecule has 0 aliphatic rings. The van der Waals surface area contributed by atoms with Crippen molar-refractivity contribution in [1.29, 1.82) is 0 Å². The molecule has 0 radical (unpaired) electrons. The third-order valence-electron chi connectivity index (χ3n) is 9.95. The van der Waals surface area contributed by atoms with Gasteiger partial charge in [0.05, 0.1) is 49.8 Å². The molecular weight excluding hydrogens is 995 g/mol. The maximum Gasteiger partial charge on any atom is 0.327 e. The summed E-state index contributed by atoms with van der Waals surface area (Å²) in [5, 5.41) is 74.6. The van der Waals surface area contributed by atoms with E-state index in [9.17, 15) is 83.4 Å². The Morgan fingerprint density at radius 3 is 1.89 bits per heavy atom. The van der Waals surface area contributed by atoms with Gasteiger partial charge in [0.25, 0.3) is 11.5 Å². The van der Waals surface area contributed by atoms with Gasteiger partial charge in [0.15, 0.2) is 17.1 Å². The fourth-order valence-corrected chi connectivity index (χ4v) is 6.60. The number of rotatable bonds is 31. The van der Waals surface area contributed by atoms with Crippen molar-refractivity contribution in [3.05, 3.63) is 52.1 Å². The molecule has 1 aromatic carbocycles. The summed E-state index contributed by atoms with van der Waals surface area (Å²) < 4.78 is 0. The summed E-state index contributed by atoms with van der Waals surface area (Å²) in [6.45, 7) is -0.0607. The Kier molecular flexibility index (Phi) is 22.6. The number of aliphatic carboxylic acids is 5. The number of aromatic nitrogens is 4. The number of aromatic amines is 1. The van der Waals surface area contributed by atoms with Gasteiger partial charge in [0, 0.05) is 30.0 Å². The number of carbonyl (C=O) groups is 10. The van der Waals surface area contributed by atoms with Gasteiger partial charge in [-0.3, -0.25) is 58.4 Å². The molecule has 7 atom stereocenters. The van der Waals surface area contributed by atoms with Crippen LogP contribution in [0.15, 0.2) is 40.2 Å². The largest absolute Gasteiger partial charge is 0.481 e. The van der Waals surface area contributed by atoms with Crippen molar-refractivity contribution in [3.8, 4) is 0 Å². The number of fused-ring (bicyclic) bond motifs is 1. The molecule has 3 aromatic rings. The lowest BCUT2D eigenvalue weighted by Crippen LogP contribution is -2.61. The van der Waals surface area contributed by atoms with E-state index >= 15 is 0 Å². The molecular formula is C40H53N15O17S. The number of carboxylic acid groups (broad SMARTS) is 5. The van der Waals surface area contributed by atoms with Crippen molar-refractivity contribution < 1.29 is 78.6 Å². The highest BCUT2D eigenvalue weighted by atomic mass is 32.1. The van der Waals surface area contributed by atoms with Crippen LogP contribution in [0.5, 0.6) is 0 Å². The number of amides is 5. The SMILES string of the molecule is NC(N)=NCCC[C@@H](NC(=O)[C@@H](CC(=O)O)NC(=O)CC[C@@H](NC(=O)c1ccc(NCc2cnc3nc(N)[nH]c(=O)c3n2)cc1)C(=O)O)C(=O)N[C@H](CC(=O)O)C(O)N[C@H](CC(=O)O)C(=O)N[C@@H](CS)C(=O)O. The summed E-state index contributed by atoms with van der Waals surface area (Å²) in [5.41, 5.74) is 16.5. The first-order chi connectivity index (χ1) is 34.4. The first kappa shape index (κ1) is 58.6. The molecule has 33 heteroatoms. The topological polar surface area (TPSA) is 538 Å². The number of nitrogens with zero attached hydrogens (tertiary/aromatic N) is 4. The highest BCUT2D eigenvalue weighted by Gasteiger charge is 2.35. The number of guanidine groups is 1. The van der Waals surface area contributed by atoms with Crippen molar-refractivity contribution in [2.45, 2.75) is 94.0 Å². The smallest absolute Gasteiger partial charge is 0.327 e. The molecule has 0 fully saturated rings. The third-order valence-corrected chi connectivity index (χ3v) is 10.3. The Morgan fingerprint density at radius 1 is 0.712 bits per heavy atom. The predicted octanol–water partition coefficient (Wildman–Crippen LogP) is -5.42. The molecule has 396 valence electrons. The number of carboxylic acids is 5. The number of benzene rings is 1. The van der Waals surface area contributed by atoms with E-state index in [1.165, 1.54) is 30.5 Å². The lowest BCUT2D eigenvalue weighted by Gasteiger charge is -2.29. The number of nitrogen functional groups attached to an aromatic ring is 1. The van der Waals surface area contributed by atoms with Crippen molar-refractivity contribution in [1.82, 2.24) is 51.8 Å². The summed E-state index contributed by atoms with van der Waals surface area (Å²) in [5.74, 6) is -14.7. The highest BCUT2D eigenvalue weighted by molar-refractivity contribution is 7.80. The third kappa shape index (κ3) is 19.9. The summed E-state index contributed by atoms with van der Waals surface area (Å²) in [7, 11) is 0. The van der Waals surface area contributed by atoms with E-state index in [4.69, 9.17) is 17.2 Å². The van der Waals surface area contributed by atoms with E-state index in [2.05, 4.69) is 69.5 Å². The molecule has 1 unspecified atom stereocenters. The van der Waals surface area contributed by atoms with Crippen LogP contribution in [0.4, 0.5) is 11.6 Å². The van der Waals surface area contributed by atoms with Crippen molar-refractivity contribution in [2.24, 2.45) is 16.5 Å². The van der Waals surface area contributed by atoms with Gasteiger partial charge in [-0.1, -0.05) is 0 Å². The Morgan fingerprint density at radius 2 is 1.30 bits per heavy atom. The summed E-state index contributed by atoms with van der Waals surface area (Å²) in [6, 6.07) is -5.13. The van der Waals surface area contributed by atoms with Gasteiger partial charge in [-0.25, -0.2) is 19.6 Å². The van der Waals surface area contributed by atoms with Gasteiger partial charge in [0.1, 0.15) is 30.4 Å². The van der Waals surface area contributed by atoms with Crippen molar-refractivity contribution >= 4 is 101 Å². The summed E-state index contributed by atoms with van der Waals surface area (Å²) in [4.78, 5) is 155. The van der Waals surface area contributed by atoms with Crippen molar-refractivity contribution in [3.63, 3.8) is 0 Å². The molecule has 20 N–H and O–H groups in total. The number of nitrogens with two attached hydrogens (primary N) is 3. The number of aliphatic hydroxyl groups is 1. The normalized spacial score (nSPS) is 13.8. The number of thiol groups is 1. The maximum absolute atomic E-state index is 13.7. The molecule has 0 saturated heterocycles. The van der Waals surface area contributed by atoms with Gasteiger partial charge in [-0.15, -0.1) is 0 Å². The fraction of sp³-hybridized carbons (Fsp3) is 0.425. The van der Waals surface area contributed by atoms with Crippen LogP contribution < -0.4 is 60.0 Å². The predicted molar refractivity (Wildman–Crippen MR) is 253 cm³/mol. The molecule has 2 heterocycles. The molecule has 32 nitrogen and oxygen atoms in total. The number of aliphatic hydroxyl groups excluding tert-OH is 1. The van der Waals surface area contributed by atoms with Gasteiger partial charge < -0.3 is 79.7 Å². The van der Waals surface area contributed by atoms with Crippen LogP contribution >= 0.6 is 12.6 Å². The molecule has 2 aromatic heterocycles. The summed E-state index contributed by atoms with van der Waals surface area (Å²) >= 11 is 3.80. The number of nitrogens with one attached hydrogen (secondary N) is 8. The van der Waals surface area contributed by atoms with Crippen LogP contribution in [0.3, 0.4) is 0 Å². The van der Waals surface area contributed by atoms with Crippen molar-refractivity contribution in [2.75, 3.05) is 23.3 Å². The minimum absolute atomic E-state index is 0.00227. The Bertz CT molecular complexity index is 2620. The van der Waals surface area contributed by atoms with Gasteiger partial charge in [-0.2, -0.15) is 17.6 Å². The van der Waals surface area contributed by atoms with Crippen LogP contribution in [-0.4, -0.2) is 171 Å². The molecule has 0 spiro atoms. The molecule has 0 bridgehead atoms. The summed E-state index contributed by atoms with van der Waals surface area (Å²) in [6.07, 6.45) is -5.88. The van der Waals surface area contributed by atoms with Crippen LogP contribution in [-0.2, 0) is 49.7 Å². The van der Waals surface area contributed by atoms with Crippen LogP contribution in [0.2, 0.25) is 0 Å². The number of hydrogen-bond donors (Lipinski definition) is 18. The van der Waals surface area contributed by atoms with E-state index in [1.54, 1.807) is 0 Å². The van der Waals surface area contributed by atoms with Crippen LogP contribution in [0, 0.1) is 0 Å². The first-order valence-corrected chi connectivity index (χ1v) is 22.1. The molecule has 0 aliphatic heterocycles. The molecule has 0 aliphatic carbocycles. The molecule has 73 heavy (non-hydrogen) atoms. The Labute approximate surface area is 416 Å². The number of hydrogen-bond acceptors (Lipinski definition) is 20. The maximum atomic E-state index is 13.7. The first-order valence-electron chi connectivity index (χ1n) is 21.4. The fourth-order valence-electron chi connectivity index (χ4n) is 6.35. The van der Waals surface area contributed by atoms with Crippen LogP contribution in [0.25, 0.3) is 11.2 Å². The van der Waals surface area contributed by atoms with Gasteiger partial charge >= 0.3 is 29.8 Å². The van der Waals surface area contributed by atoms with Crippen LogP contribution in [0.1, 0.15) is 61.0 Å². The van der Waals surface area contributed by atoms with Gasteiger partial charge in [0.2, 0.25) is 29.6 Å². The number of carbonyl (C=O) groups excluding carboxylic acids is 5. The second-order valence-electron chi connectivity index (χ2n) is 15.6. The van der Waals surface area contributed by atoms with E-state index in [-0.39, 0.29) is 54.6 Å². The quantitative estimate of drug-likeness (QED) is 0.00940. The molecule has 0 saturated carbocycles. The zero-order valence-electron chi connectivity index (χ0n) is 38.1. The molecule has 5 amide bonds. The Balaban J connectivity index is 1.71. The van der Waals surface area contributed by atoms with Gasteiger partial charge in [-0.05, 0) is 43.5 Å². The second kappa shape index (κ2) is 28.2. The number of anilines is 2. The average molecular weight is 1050 g/mol. The second-order valence-corrected chi connectivity index (χ2v) is 16.0. The lowest BCUT2D eigenvalue weighted by molar-refractivity contribution is -0.144. The average Bonchev–Trinajstić information content (AvgIpc) is 3.30. The monoisotopic (exact) mass is 1050 g/mol. The zero-order chi connectivity index (χ0) is 54.5.